The first-order chi connectivity index (χ1) is 15.7. The summed E-state index contributed by atoms with van der Waals surface area (Å²) >= 11 is 0. The second-order valence-electron chi connectivity index (χ2n) is 8.55. The van der Waals surface area contributed by atoms with Gasteiger partial charge >= 0.3 is 6.03 Å². The summed E-state index contributed by atoms with van der Waals surface area (Å²) in [5.41, 5.74) is 2.01. The highest BCUT2D eigenvalue weighted by molar-refractivity contribution is 5.95. The number of anilines is 1. The molecule has 2 aromatic rings. The van der Waals surface area contributed by atoms with Crippen molar-refractivity contribution in [3.63, 3.8) is 0 Å². The van der Waals surface area contributed by atoms with E-state index in [2.05, 4.69) is 17.0 Å². The van der Waals surface area contributed by atoms with Gasteiger partial charge in [0.15, 0.2) is 0 Å². The highest BCUT2D eigenvalue weighted by Crippen LogP contribution is 2.30. The quantitative estimate of drug-likeness (QED) is 0.693. The van der Waals surface area contributed by atoms with Gasteiger partial charge < -0.3 is 20.2 Å². The lowest BCUT2D eigenvalue weighted by molar-refractivity contribution is 0.0724. The second-order valence-corrected chi connectivity index (χ2v) is 8.55. The average Bonchev–Trinajstić information content (AvgIpc) is 3.08. The molecular formula is C23H25FN6O3. The molecule has 0 fully saturated rings. The van der Waals surface area contributed by atoms with Crippen molar-refractivity contribution < 1.29 is 19.1 Å². The van der Waals surface area contributed by atoms with Crippen LogP contribution < -0.4 is 5.32 Å². The molecule has 9 nitrogen and oxygen atoms in total. The molecule has 2 N–H and O–H groups in total. The van der Waals surface area contributed by atoms with Crippen molar-refractivity contribution >= 4 is 17.6 Å². The summed E-state index contributed by atoms with van der Waals surface area (Å²) in [6.07, 6.45) is 1.14. The molecule has 1 aromatic heterocycles. The van der Waals surface area contributed by atoms with Crippen LogP contribution >= 0.6 is 0 Å². The standard InChI is InChI=1S/C23H25FN6O3/c1-4-20(31)15-10-28(3)22(32)21-17-12-29(13(2)7-19(17)27-30(21)11-15)23(33)26-16-5-6-18(24)14(8-16)9-25/h4-6,8,13,15,20,31H,1,7,10-12H2,2-3H3,(H,26,33)/t13-,15?,20?/m1/s1. The van der Waals surface area contributed by atoms with E-state index >= 15 is 0 Å². The SMILES string of the molecule is C=CC(O)C1CN(C)C(=O)c2c3c(nn2C1)C[C@@H](C)N(C(=O)Nc1ccc(F)c(C#N)c1)C3. The number of carbonyl (C=O) groups excluding carboxylic acids is 2. The van der Waals surface area contributed by atoms with Gasteiger partial charge in [0.25, 0.3) is 5.91 Å². The van der Waals surface area contributed by atoms with Gasteiger partial charge in [-0.05, 0) is 25.1 Å². The molecule has 172 valence electrons. The molecule has 0 bridgehead atoms. The van der Waals surface area contributed by atoms with Crippen molar-refractivity contribution in [1.29, 1.82) is 5.26 Å². The number of fused-ring (bicyclic) bond motifs is 3. The molecule has 2 aliphatic heterocycles. The molecule has 4 rings (SSSR count). The number of nitrogens with zero attached hydrogens (tertiary/aromatic N) is 5. The lowest BCUT2D eigenvalue weighted by Gasteiger charge is -2.33. The minimum atomic E-state index is -0.775. The van der Waals surface area contributed by atoms with E-state index in [1.54, 1.807) is 27.6 Å². The van der Waals surface area contributed by atoms with Crippen LogP contribution in [0, 0.1) is 23.1 Å². The van der Waals surface area contributed by atoms with Crippen molar-refractivity contribution in [3.8, 4) is 6.07 Å². The van der Waals surface area contributed by atoms with E-state index < -0.39 is 18.0 Å². The number of halogens is 1. The predicted molar refractivity (Wildman–Crippen MR) is 118 cm³/mol. The lowest BCUT2D eigenvalue weighted by Crippen LogP contribution is -2.45. The summed E-state index contributed by atoms with van der Waals surface area (Å²) in [6.45, 7) is 6.43. The monoisotopic (exact) mass is 452 g/mol. The first-order valence-corrected chi connectivity index (χ1v) is 10.6. The number of benzene rings is 1. The normalized spacial score (nSPS) is 20.9. The van der Waals surface area contributed by atoms with Crippen molar-refractivity contribution in [2.75, 3.05) is 18.9 Å². The summed E-state index contributed by atoms with van der Waals surface area (Å²) in [7, 11) is 1.68. The molecule has 1 aromatic carbocycles. The summed E-state index contributed by atoms with van der Waals surface area (Å²) in [5.74, 6) is -1.12. The molecule has 0 saturated carbocycles. The van der Waals surface area contributed by atoms with Crippen LogP contribution in [0.3, 0.4) is 0 Å². The number of nitrogens with one attached hydrogen (secondary N) is 1. The Hall–Kier alpha value is -3.71. The Kier molecular flexibility index (Phi) is 5.91. The molecule has 0 spiro atoms. The van der Waals surface area contributed by atoms with Crippen LogP contribution in [0.4, 0.5) is 14.9 Å². The maximum atomic E-state index is 13.6. The fourth-order valence-electron chi connectivity index (χ4n) is 4.43. The predicted octanol–water partition coefficient (Wildman–Crippen LogP) is 2.12. The largest absolute Gasteiger partial charge is 0.389 e. The van der Waals surface area contributed by atoms with Crippen LogP contribution in [0.15, 0.2) is 30.9 Å². The molecular weight excluding hydrogens is 427 g/mol. The molecule has 33 heavy (non-hydrogen) atoms. The van der Waals surface area contributed by atoms with Crippen LogP contribution in [-0.4, -0.2) is 62.4 Å². The lowest BCUT2D eigenvalue weighted by atomic mass is 9.99. The zero-order valence-electron chi connectivity index (χ0n) is 18.5. The Morgan fingerprint density at radius 3 is 2.91 bits per heavy atom. The van der Waals surface area contributed by atoms with Gasteiger partial charge in [-0.2, -0.15) is 10.4 Å². The third-order valence-electron chi connectivity index (χ3n) is 6.27. The Labute approximate surface area is 190 Å². The van der Waals surface area contributed by atoms with Gasteiger partial charge in [0, 0.05) is 49.8 Å². The minimum absolute atomic E-state index is 0.159. The molecule has 3 heterocycles. The molecule has 10 heteroatoms. The van der Waals surface area contributed by atoms with Gasteiger partial charge in [0.05, 0.1) is 23.9 Å². The molecule has 0 radical (unpaired) electrons. The van der Waals surface area contributed by atoms with Gasteiger partial charge in [-0.3, -0.25) is 9.48 Å². The van der Waals surface area contributed by atoms with Crippen LogP contribution in [-0.2, 0) is 19.5 Å². The Morgan fingerprint density at radius 1 is 1.45 bits per heavy atom. The third-order valence-corrected chi connectivity index (χ3v) is 6.27. The number of rotatable bonds is 3. The number of carbonyl (C=O) groups is 2. The van der Waals surface area contributed by atoms with Crippen molar-refractivity contribution in [2.24, 2.45) is 5.92 Å². The first-order valence-electron chi connectivity index (χ1n) is 10.6. The van der Waals surface area contributed by atoms with Crippen LogP contribution in [0.1, 0.15) is 34.2 Å². The summed E-state index contributed by atoms with van der Waals surface area (Å²) < 4.78 is 15.2. The van der Waals surface area contributed by atoms with Crippen molar-refractivity contribution in [3.05, 3.63) is 59.2 Å². The Morgan fingerprint density at radius 2 is 2.21 bits per heavy atom. The van der Waals surface area contributed by atoms with E-state index in [1.165, 1.54) is 18.2 Å². The molecule has 0 saturated heterocycles. The number of urea groups is 1. The second kappa shape index (κ2) is 8.67. The number of hydrogen-bond donors (Lipinski definition) is 2. The maximum absolute atomic E-state index is 13.6. The van der Waals surface area contributed by atoms with E-state index in [4.69, 9.17) is 5.26 Å². The molecule has 3 atom stereocenters. The summed E-state index contributed by atoms with van der Waals surface area (Å²) in [4.78, 5) is 29.3. The van der Waals surface area contributed by atoms with Crippen molar-refractivity contribution in [1.82, 2.24) is 19.6 Å². The Balaban J connectivity index is 1.62. The maximum Gasteiger partial charge on any atom is 0.322 e. The van der Waals surface area contributed by atoms with Gasteiger partial charge in [-0.15, -0.1) is 6.58 Å². The molecule has 2 unspecified atom stereocenters. The topological polar surface area (TPSA) is 114 Å². The third kappa shape index (κ3) is 4.07. The van der Waals surface area contributed by atoms with E-state index in [1.807, 2.05) is 6.92 Å². The highest BCUT2D eigenvalue weighted by atomic mass is 19.1. The van der Waals surface area contributed by atoms with E-state index in [9.17, 15) is 19.1 Å². The van der Waals surface area contributed by atoms with E-state index in [0.29, 0.717) is 36.5 Å². The minimum Gasteiger partial charge on any atom is -0.389 e. The van der Waals surface area contributed by atoms with Gasteiger partial charge in [-0.25, -0.2) is 9.18 Å². The number of aliphatic hydroxyl groups excluding tert-OH is 1. The molecule has 0 aliphatic carbocycles. The van der Waals surface area contributed by atoms with Gasteiger partial charge in [0.1, 0.15) is 17.6 Å². The zero-order chi connectivity index (χ0) is 23.9. The van der Waals surface area contributed by atoms with Crippen LogP contribution in [0.2, 0.25) is 0 Å². The van der Waals surface area contributed by atoms with Crippen molar-refractivity contribution in [2.45, 2.75) is 38.6 Å². The summed E-state index contributed by atoms with van der Waals surface area (Å²) in [5, 5.41) is 26.7. The first kappa shape index (κ1) is 22.5. The molecule has 3 amide bonds. The van der Waals surface area contributed by atoms with Gasteiger partial charge in [-0.1, -0.05) is 6.08 Å². The number of amides is 3. The van der Waals surface area contributed by atoms with Crippen LogP contribution in [0.25, 0.3) is 0 Å². The van der Waals surface area contributed by atoms with E-state index in [-0.39, 0.29) is 30.0 Å². The highest BCUT2D eigenvalue weighted by Gasteiger charge is 2.37. The van der Waals surface area contributed by atoms with Gasteiger partial charge in [0.2, 0.25) is 0 Å². The smallest absolute Gasteiger partial charge is 0.322 e. The molecule has 2 aliphatic rings. The average molecular weight is 452 g/mol. The van der Waals surface area contributed by atoms with Crippen LogP contribution in [0.5, 0.6) is 0 Å². The number of aliphatic hydroxyl groups is 1. The fourth-order valence-corrected chi connectivity index (χ4v) is 4.43. The fraction of sp³-hybridized carbons (Fsp3) is 0.391. The number of hydrogen-bond acceptors (Lipinski definition) is 5. The van der Waals surface area contributed by atoms with E-state index in [0.717, 1.165) is 11.8 Å². The number of aromatic nitrogens is 2. The summed E-state index contributed by atoms with van der Waals surface area (Å²) in [6, 6.07) is 4.94. The number of nitriles is 1. The Bertz CT molecular complexity index is 1170. The zero-order valence-corrected chi connectivity index (χ0v) is 18.5.